The molecule has 1 aliphatic rings. The molecule has 1 amide bonds. The molecule has 0 unspecified atom stereocenters. The number of carbonyl (C=O) groups excluding carboxylic acids is 3. The summed E-state index contributed by atoms with van der Waals surface area (Å²) < 4.78 is 15.6. The number of amides is 1. The second-order valence-corrected chi connectivity index (χ2v) is 6.86. The highest BCUT2D eigenvalue weighted by atomic mass is 16.5. The van der Waals surface area contributed by atoms with Crippen LogP contribution in [0.25, 0.3) is 6.08 Å². The molecule has 0 saturated heterocycles. The smallest absolute Gasteiger partial charge is 0.340 e. The van der Waals surface area contributed by atoms with Gasteiger partial charge in [0.25, 0.3) is 5.91 Å². The van der Waals surface area contributed by atoms with E-state index in [9.17, 15) is 14.4 Å². The number of hydrogen-bond donors (Lipinski definition) is 0. The molecule has 7 heteroatoms. The molecule has 1 heterocycles. The predicted molar refractivity (Wildman–Crippen MR) is 116 cm³/mol. The van der Waals surface area contributed by atoms with Gasteiger partial charge in [-0.3, -0.25) is 14.5 Å². The molecular weight excluding hydrogens is 398 g/mol. The van der Waals surface area contributed by atoms with E-state index in [2.05, 4.69) is 0 Å². The van der Waals surface area contributed by atoms with Crippen molar-refractivity contribution in [1.82, 2.24) is 0 Å². The fraction of sp³-hybridized carbons (Fsp3) is 0.208. The van der Waals surface area contributed by atoms with E-state index < -0.39 is 11.9 Å². The van der Waals surface area contributed by atoms with Gasteiger partial charge in [-0.2, -0.15) is 0 Å². The number of allylic oxidation sites excluding steroid dienone is 1. The Hall–Kier alpha value is -3.87. The minimum atomic E-state index is -0.630. The van der Waals surface area contributed by atoms with Gasteiger partial charge in [0.1, 0.15) is 11.5 Å². The van der Waals surface area contributed by atoms with Crippen LogP contribution in [-0.2, 0) is 14.3 Å². The maximum absolute atomic E-state index is 13.4. The normalized spacial score (nSPS) is 14.8. The van der Waals surface area contributed by atoms with Crippen molar-refractivity contribution in [3.63, 3.8) is 0 Å². The molecule has 2 aromatic carbocycles. The van der Waals surface area contributed by atoms with Crippen molar-refractivity contribution in [2.75, 3.05) is 26.2 Å². The third-order valence-corrected chi connectivity index (χ3v) is 5.04. The standard InChI is InChI=1S/C24H23NO6/c1-14-22(24(28)31-5)20(12-17-9-10-19(29-3)13-21(17)30-4)23(27)25(14)18-8-6-7-16(11-18)15(2)26/h6-13H,1-5H3/b20-12-. The highest BCUT2D eigenvalue weighted by molar-refractivity contribution is 6.24. The van der Waals surface area contributed by atoms with Gasteiger partial charge in [-0.05, 0) is 44.2 Å². The summed E-state index contributed by atoms with van der Waals surface area (Å²) in [4.78, 5) is 39.2. The largest absolute Gasteiger partial charge is 0.497 e. The van der Waals surface area contributed by atoms with E-state index >= 15 is 0 Å². The summed E-state index contributed by atoms with van der Waals surface area (Å²) >= 11 is 0. The first kappa shape index (κ1) is 21.8. The van der Waals surface area contributed by atoms with Gasteiger partial charge in [0.15, 0.2) is 5.78 Å². The Morgan fingerprint density at radius 1 is 1.00 bits per heavy atom. The van der Waals surface area contributed by atoms with Crippen molar-refractivity contribution >= 4 is 29.4 Å². The van der Waals surface area contributed by atoms with Gasteiger partial charge in [-0.1, -0.05) is 12.1 Å². The van der Waals surface area contributed by atoms with E-state index in [1.54, 1.807) is 62.6 Å². The molecule has 0 atom stereocenters. The molecule has 7 nitrogen and oxygen atoms in total. The lowest BCUT2D eigenvalue weighted by Gasteiger charge is -2.18. The highest BCUT2D eigenvalue weighted by Crippen LogP contribution is 2.37. The zero-order valence-corrected chi connectivity index (χ0v) is 18.0. The van der Waals surface area contributed by atoms with Crippen molar-refractivity contribution in [1.29, 1.82) is 0 Å². The molecule has 0 N–H and O–H groups in total. The van der Waals surface area contributed by atoms with E-state index in [0.29, 0.717) is 34.0 Å². The first-order valence-electron chi connectivity index (χ1n) is 9.51. The van der Waals surface area contributed by atoms with Crippen LogP contribution in [0.1, 0.15) is 29.8 Å². The lowest BCUT2D eigenvalue weighted by molar-refractivity contribution is -0.136. The highest BCUT2D eigenvalue weighted by Gasteiger charge is 2.38. The topological polar surface area (TPSA) is 82.1 Å². The number of methoxy groups -OCH3 is 3. The van der Waals surface area contributed by atoms with Crippen LogP contribution in [0.3, 0.4) is 0 Å². The van der Waals surface area contributed by atoms with Gasteiger partial charge < -0.3 is 14.2 Å². The van der Waals surface area contributed by atoms with Crippen LogP contribution in [0, 0.1) is 0 Å². The number of hydrogen-bond acceptors (Lipinski definition) is 6. The quantitative estimate of drug-likeness (QED) is 0.401. The van der Waals surface area contributed by atoms with Gasteiger partial charge >= 0.3 is 5.97 Å². The van der Waals surface area contributed by atoms with Gasteiger partial charge in [0, 0.05) is 28.6 Å². The SMILES string of the molecule is COC(=O)C1=C(C)N(c2cccc(C(C)=O)c2)C(=O)/C1=C\c1ccc(OC)cc1OC. The molecule has 0 saturated carbocycles. The molecule has 0 aliphatic carbocycles. The van der Waals surface area contributed by atoms with Crippen LogP contribution in [-0.4, -0.2) is 39.0 Å². The lowest BCUT2D eigenvalue weighted by Crippen LogP contribution is -2.24. The second-order valence-electron chi connectivity index (χ2n) is 6.86. The summed E-state index contributed by atoms with van der Waals surface area (Å²) in [6.45, 7) is 3.12. The Balaban J connectivity index is 2.17. The maximum Gasteiger partial charge on any atom is 0.340 e. The molecule has 2 aromatic rings. The van der Waals surface area contributed by atoms with E-state index in [0.717, 1.165) is 0 Å². The number of rotatable bonds is 6. The first-order valence-corrected chi connectivity index (χ1v) is 9.51. The van der Waals surface area contributed by atoms with Crippen molar-refractivity contribution in [2.24, 2.45) is 0 Å². The Labute approximate surface area is 180 Å². The summed E-state index contributed by atoms with van der Waals surface area (Å²) in [5, 5.41) is 0. The van der Waals surface area contributed by atoms with Crippen LogP contribution < -0.4 is 14.4 Å². The average molecular weight is 421 g/mol. The summed E-state index contributed by atoms with van der Waals surface area (Å²) in [5.41, 5.74) is 2.28. The zero-order chi connectivity index (χ0) is 22.7. The third kappa shape index (κ3) is 4.07. The summed E-state index contributed by atoms with van der Waals surface area (Å²) in [5.74, 6) is -0.0776. The molecule has 0 spiro atoms. The van der Waals surface area contributed by atoms with Crippen LogP contribution in [0.2, 0.25) is 0 Å². The van der Waals surface area contributed by atoms with Gasteiger partial charge in [0.05, 0.1) is 32.5 Å². The Kier molecular flexibility index (Phi) is 6.25. The molecule has 160 valence electrons. The number of anilines is 1. The number of ether oxygens (including phenoxy) is 3. The van der Waals surface area contributed by atoms with E-state index in [1.165, 1.54) is 26.0 Å². The maximum atomic E-state index is 13.4. The predicted octanol–water partition coefficient (Wildman–Crippen LogP) is 3.78. The molecular formula is C24H23NO6. The fourth-order valence-electron chi connectivity index (χ4n) is 3.45. The monoisotopic (exact) mass is 421 g/mol. The molecule has 3 rings (SSSR count). The fourth-order valence-corrected chi connectivity index (χ4v) is 3.45. The van der Waals surface area contributed by atoms with E-state index in [4.69, 9.17) is 14.2 Å². The van der Waals surface area contributed by atoms with Crippen molar-refractivity contribution < 1.29 is 28.6 Å². The molecule has 0 bridgehead atoms. The van der Waals surface area contributed by atoms with Crippen molar-refractivity contribution in [3.05, 3.63) is 70.4 Å². The van der Waals surface area contributed by atoms with Gasteiger partial charge in [-0.15, -0.1) is 0 Å². The van der Waals surface area contributed by atoms with Crippen LogP contribution in [0.4, 0.5) is 5.69 Å². The van der Waals surface area contributed by atoms with E-state index in [1.807, 2.05) is 0 Å². The Morgan fingerprint density at radius 2 is 1.74 bits per heavy atom. The van der Waals surface area contributed by atoms with E-state index in [-0.39, 0.29) is 16.9 Å². The molecule has 0 fully saturated rings. The number of benzene rings is 2. The van der Waals surface area contributed by atoms with Gasteiger partial charge in [0.2, 0.25) is 0 Å². The van der Waals surface area contributed by atoms with Crippen LogP contribution in [0.15, 0.2) is 59.3 Å². The third-order valence-electron chi connectivity index (χ3n) is 5.04. The van der Waals surface area contributed by atoms with Crippen molar-refractivity contribution in [2.45, 2.75) is 13.8 Å². The van der Waals surface area contributed by atoms with Crippen LogP contribution >= 0.6 is 0 Å². The summed E-state index contributed by atoms with van der Waals surface area (Å²) in [7, 11) is 4.31. The summed E-state index contributed by atoms with van der Waals surface area (Å²) in [6, 6.07) is 11.9. The number of Topliss-reactive ketones (excluding diaryl/α,β-unsaturated/α-hetero) is 1. The number of ketones is 1. The molecule has 0 aromatic heterocycles. The molecule has 31 heavy (non-hydrogen) atoms. The first-order chi connectivity index (χ1) is 14.8. The Bertz CT molecular complexity index is 1130. The van der Waals surface area contributed by atoms with Crippen molar-refractivity contribution in [3.8, 4) is 11.5 Å². The molecule has 1 aliphatic heterocycles. The minimum Gasteiger partial charge on any atom is -0.497 e. The number of carbonyl (C=O) groups is 3. The minimum absolute atomic E-state index is 0.123. The number of nitrogens with zero attached hydrogens (tertiary/aromatic N) is 1. The number of esters is 1. The lowest BCUT2D eigenvalue weighted by atomic mass is 10.0. The molecule has 0 radical (unpaired) electrons. The zero-order valence-electron chi connectivity index (χ0n) is 18.0. The van der Waals surface area contributed by atoms with Crippen LogP contribution in [0.5, 0.6) is 11.5 Å². The van der Waals surface area contributed by atoms with Gasteiger partial charge in [-0.25, -0.2) is 4.79 Å². The second kappa shape index (κ2) is 8.87. The summed E-state index contributed by atoms with van der Waals surface area (Å²) in [6.07, 6.45) is 1.59. The Morgan fingerprint density at radius 3 is 2.35 bits per heavy atom. The average Bonchev–Trinajstić information content (AvgIpc) is 3.02.